The second-order valence-corrected chi connectivity index (χ2v) is 12.2. The first kappa shape index (κ1) is 27.2. The fraction of sp³-hybridized carbons (Fsp3) is 0.483. The smallest absolute Gasteiger partial charge is 0.263 e. The van der Waals surface area contributed by atoms with Gasteiger partial charge in [0.25, 0.3) is 11.8 Å². The number of nitrogens with zero attached hydrogens (tertiary/aromatic N) is 1. The number of aryl methyl sites for hydroxylation is 1. The van der Waals surface area contributed by atoms with Crippen molar-refractivity contribution in [1.82, 2.24) is 10.6 Å². The molecule has 40 heavy (non-hydrogen) atoms. The van der Waals surface area contributed by atoms with E-state index in [2.05, 4.69) is 10.6 Å². The molecule has 1 unspecified atom stereocenters. The van der Waals surface area contributed by atoms with E-state index >= 15 is 0 Å². The molecule has 1 saturated heterocycles. The van der Waals surface area contributed by atoms with Gasteiger partial charge < -0.3 is 29.7 Å². The number of carbonyl (C=O) groups excluding carboxylic acids is 3. The summed E-state index contributed by atoms with van der Waals surface area (Å²) in [6, 6.07) is 10.3. The number of halogens is 2. The lowest BCUT2D eigenvalue weighted by molar-refractivity contribution is -0.153. The Kier molecular flexibility index (Phi) is 7.09. The molecule has 0 spiro atoms. The minimum Gasteiger partial charge on any atom is -0.484 e. The lowest BCUT2D eigenvalue weighted by Gasteiger charge is -2.70. The van der Waals surface area contributed by atoms with Gasteiger partial charge in [-0.25, -0.2) is 0 Å². The number of carbonyl (C=O) groups is 3. The van der Waals surface area contributed by atoms with Crippen LogP contribution in [0.2, 0.25) is 10.0 Å². The normalized spacial score (nSPS) is 26.9. The Morgan fingerprint density at radius 2 is 1.75 bits per heavy atom. The van der Waals surface area contributed by atoms with Crippen LogP contribution in [-0.4, -0.2) is 61.3 Å². The van der Waals surface area contributed by atoms with Gasteiger partial charge in [0.1, 0.15) is 11.5 Å². The fourth-order valence-corrected chi connectivity index (χ4v) is 6.63. The van der Waals surface area contributed by atoms with Gasteiger partial charge in [-0.2, -0.15) is 0 Å². The van der Waals surface area contributed by atoms with Crippen LogP contribution in [0.1, 0.15) is 37.7 Å². The molecule has 2 heterocycles. The number of benzene rings is 2. The van der Waals surface area contributed by atoms with E-state index in [1.807, 2.05) is 6.92 Å². The molecule has 5 aliphatic rings. The average Bonchev–Trinajstić information content (AvgIpc) is 2.91. The minimum atomic E-state index is -0.853. The molecule has 9 nitrogen and oxygen atoms in total. The second kappa shape index (κ2) is 10.4. The zero-order valence-corrected chi connectivity index (χ0v) is 23.6. The summed E-state index contributed by atoms with van der Waals surface area (Å²) >= 11 is 12.3. The van der Waals surface area contributed by atoms with E-state index in [-0.39, 0.29) is 47.9 Å². The lowest BCUT2D eigenvalue weighted by atomic mass is 9.44. The van der Waals surface area contributed by atoms with Gasteiger partial charge in [-0.15, -0.1) is 0 Å². The number of hydrogen-bond donors (Lipinski definition) is 2. The summed E-state index contributed by atoms with van der Waals surface area (Å²) < 4.78 is 17.1. The highest BCUT2D eigenvalue weighted by Gasteiger charge is 2.69. The van der Waals surface area contributed by atoms with E-state index in [1.54, 1.807) is 41.3 Å². The molecule has 2 aliphatic heterocycles. The highest BCUT2D eigenvalue weighted by molar-refractivity contribution is 6.31. The van der Waals surface area contributed by atoms with Gasteiger partial charge in [0, 0.05) is 40.3 Å². The molecule has 1 atom stereocenters. The molecule has 2 aromatic rings. The third-order valence-corrected chi connectivity index (χ3v) is 8.94. The van der Waals surface area contributed by atoms with Crippen molar-refractivity contribution >= 4 is 46.6 Å². The van der Waals surface area contributed by atoms with Crippen LogP contribution in [-0.2, 0) is 19.1 Å². The first-order valence-corrected chi connectivity index (χ1v) is 14.3. The molecular weight excluding hydrogens is 557 g/mol. The molecule has 0 aromatic heterocycles. The van der Waals surface area contributed by atoms with E-state index in [0.717, 1.165) is 5.56 Å². The molecule has 3 saturated carbocycles. The number of amides is 3. The molecule has 3 amide bonds. The van der Waals surface area contributed by atoms with Crippen molar-refractivity contribution in [3.8, 4) is 11.5 Å². The van der Waals surface area contributed by atoms with Gasteiger partial charge in [0.15, 0.2) is 12.7 Å². The van der Waals surface area contributed by atoms with Crippen molar-refractivity contribution in [2.24, 2.45) is 5.92 Å². The fourth-order valence-electron chi connectivity index (χ4n) is 6.35. The van der Waals surface area contributed by atoms with Crippen molar-refractivity contribution in [2.45, 2.75) is 56.2 Å². The van der Waals surface area contributed by atoms with E-state index in [4.69, 9.17) is 37.4 Å². The Labute approximate surface area is 242 Å². The monoisotopic (exact) mass is 587 g/mol. The van der Waals surface area contributed by atoms with E-state index in [0.29, 0.717) is 72.5 Å². The molecular formula is C29H31Cl2N3O6. The summed E-state index contributed by atoms with van der Waals surface area (Å²) in [4.78, 5) is 41.0. The van der Waals surface area contributed by atoms with Crippen LogP contribution >= 0.6 is 23.2 Å². The Bertz CT molecular complexity index is 1340. The summed E-state index contributed by atoms with van der Waals surface area (Å²) in [5.41, 5.74) is 0.751. The molecule has 0 radical (unpaired) electrons. The zero-order valence-electron chi connectivity index (χ0n) is 22.1. The lowest BCUT2D eigenvalue weighted by Crippen LogP contribution is -2.84. The topological polar surface area (TPSA) is 106 Å². The molecule has 212 valence electrons. The Balaban J connectivity index is 1.04. The van der Waals surface area contributed by atoms with Gasteiger partial charge in [-0.3, -0.25) is 14.4 Å². The maximum atomic E-state index is 13.5. The van der Waals surface area contributed by atoms with Crippen molar-refractivity contribution in [3.05, 3.63) is 52.0 Å². The molecule has 7 rings (SSSR count). The highest BCUT2D eigenvalue weighted by Crippen LogP contribution is 2.60. The van der Waals surface area contributed by atoms with Gasteiger partial charge in [-0.05, 0) is 81.0 Å². The van der Waals surface area contributed by atoms with Crippen molar-refractivity contribution in [2.75, 3.05) is 31.3 Å². The van der Waals surface area contributed by atoms with Crippen LogP contribution in [0, 0.1) is 12.8 Å². The van der Waals surface area contributed by atoms with Crippen LogP contribution in [0.15, 0.2) is 36.4 Å². The van der Waals surface area contributed by atoms with Crippen molar-refractivity contribution in [3.63, 3.8) is 0 Å². The third-order valence-electron chi connectivity index (χ3n) is 8.28. The summed E-state index contributed by atoms with van der Waals surface area (Å²) in [6.07, 6.45) is 2.35. The number of fused-ring (bicyclic) bond motifs is 1. The third kappa shape index (κ3) is 5.22. The van der Waals surface area contributed by atoms with Crippen molar-refractivity contribution in [1.29, 1.82) is 0 Å². The summed E-state index contributed by atoms with van der Waals surface area (Å²) in [7, 11) is 0. The largest absolute Gasteiger partial charge is 0.484 e. The predicted molar refractivity (Wildman–Crippen MR) is 149 cm³/mol. The Morgan fingerprint density at radius 3 is 2.48 bits per heavy atom. The van der Waals surface area contributed by atoms with Crippen LogP contribution in [0.25, 0.3) is 0 Å². The van der Waals surface area contributed by atoms with Gasteiger partial charge in [0.2, 0.25) is 5.91 Å². The second-order valence-electron chi connectivity index (χ2n) is 11.4. The summed E-state index contributed by atoms with van der Waals surface area (Å²) in [5, 5.41) is 7.33. The maximum absolute atomic E-state index is 13.5. The zero-order chi connectivity index (χ0) is 28.1. The molecule has 2 aromatic carbocycles. The standard InChI is InChI=1S/C29H31Cl2N3O6/c1-17-10-20(3-4-21(17)31)39-13-25(35)32-28-14-29(15-28,16-28)33-26(36)24-12-34(27(37)18-6-8-38-9-7-18)22-11-19(30)2-5-23(22)40-24/h2-5,10-11,18,24H,6-9,12-16H2,1H3,(H,32,35)(H,33,36). The van der Waals surface area contributed by atoms with E-state index in [1.165, 1.54) is 0 Å². The Hall–Kier alpha value is -3.01. The summed E-state index contributed by atoms with van der Waals surface area (Å²) in [5.74, 6) is 0.339. The summed E-state index contributed by atoms with van der Waals surface area (Å²) in [6.45, 7) is 2.97. The van der Waals surface area contributed by atoms with Crippen molar-refractivity contribution < 1.29 is 28.6 Å². The number of rotatable bonds is 7. The predicted octanol–water partition coefficient (Wildman–Crippen LogP) is 3.81. The van der Waals surface area contributed by atoms with Gasteiger partial charge in [-0.1, -0.05) is 23.2 Å². The number of hydrogen-bond acceptors (Lipinski definition) is 6. The van der Waals surface area contributed by atoms with Crippen LogP contribution in [0.5, 0.6) is 11.5 Å². The molecule has 3 aliphatic carbocycles. The quantitative estimate of drug-likeness (QED) is 0.510. The first-order chi connectivity index (χ1) is 19.1. The minimum absolute atomic E-state index is 0.0453. The average molecular weight is 588 g/mol. The highest BCUT2D eigenvalue weighted by atomic mass is 35.5. The molecule has 11 heteroatoms. The number of ether oxygens (including phenoxy) is 3. The van der Waals surface area contributed by atoms with E-state index < -0.39 is 6.10 Å². The van der Waals surface area contributed by atoms with Crippen LogP contribution < -0.4 is 25.0 Å². The van der Waals surface area contributed by atoms with E-state index in [9.17, 15) is 14.4 Å². The van der Waals surface area contributed by atoms with Gasteiger partial charge >= 0.3 is 0 Å². The Morgan fingerprint density at radius 1 is 1.02 bits per heavy atom. The SMILES string of the molecule is Cc1cc(OCC(=O)NC23CC(NC(=O)C4CN(C(=O)C5CCOCC5)c5cc(Cl)ccc5O4)(C2)C3)ccc1Cl. The van der Waals surface area contributed by atoms with Crippen LogP contribution in [0.3, 0.4) is 0 Å². The number of nitrogens with one attached hydrogen (secondary N) is 2. The first-order valence-electron chi connectivity index (χ1n) is 13.5. The van der Waals surface area contributed by atoms with Crippen LogP contribution in [0.4, 0.5) is 5.69 Å². The number of anilines is 1. The molecule has 2 bridgehead atoms. The maximum Gasteiger partial charge on any atom is 0.263 e. The molecule has 4 fully saturated rings. The van der Waals surface area contributed by atoms with Gasteiger partial charge in [0.05, 0.1) is 12.2 Å². The molecule has 2 N–H and O–H groups in total.